The first-order chi connectivity index (χ1) is 15.1. The number of carbonyl (C=O) groups excluding carboxylic acids is 1. The number of aryl methyl sites for hydroxylation is 1. The van der Waals surface area contributed by atoms with Gasteiger partial charge in [0.05, 0.1) is 19.8 Å². The topological polar surface area (TPSA) is 82.6 Å². The van der Waals surface area contributed by atoms with Gasteiger partial charge >= 0.3 is 0 Å². The largest absolute Gasteiger partial charge is 0.490 e. The number of benzene rings is 1. The third-order valence-corrected chi connectivity index (χ3v) is 5.50. The van der Waals surface area contributed by atoms with Gasteiger partial charge in [0.25, 0.3) is 5.91 Å². The Morgan fingerprint density at radius 3 is 2.10 bits per heavy atom. The minimum Gasteiger partial charge on any atom is -0.490 e. The van der Waals surface area contributed by atoms with Gasteiger partial charge in [-0.05, 0) is 39.3 Å². The minimum atomic E-state index is -0.285. The van der Waals surface area contributed by atoms with Crippen LogP contribution in [-0.2, 0) is 6.42 Å². The Bertz CT molecular complexity index is 783. The molecule has 0 bridgehead atoms. The van der Waals surface area contributed by atoms with Gasteiger partial charge in [-0.15, -0.1) is 10.2 Å². The summed E-state index contributed by atoms with van der Waals surface area (Å²) in [5, 5.41) is 12.6. The van der Waals surface area contributed by atoms with Crippen molar-refractivity contribution < 1.29 is 19.0 Å². The number of rotatable bonds is 15. The van der Waals surface area contributed by atoms with Crippen LogP contribution < -0.4 is 19.5 Å². The normalized spacial score (nSPS) is 10.7. The average molecular weight is 450 g/mol. The lowest BCUT2D eigenvalue weighted by Crippen LogP contribution is -2.13. The first-order valence-electron chi connectivity index (χ1n) is 11.3. The highest BCUT2D eigenvalue weighted by molar-refractivity contribution is 7.15. The van der Waals surface area contributed by atoms with Crippen LogP contribution in [0.25, 0.3) is 0 Å². The number of carbonyl (C=O) groups is 1. The number of unbranched alkanes of at least 4 members (excludes halogenated alkanes) is 5. The van der Waals surface area contributed by atoms with Crippen molar-refractivity contribution >= 4 is 22.4 Å². The molecule has 0 saturated heterocycles. The number of ether oxygens (including phenoxy) is 3. The highest BCUT2D eigenvalue weighted by Gasteiger charge is 2.19. The summed E-state index contributed by atoms with van der Waals surface area (Å²) in [6, 6.07) is 3.34. The van der Waals surface area contributed by atoms with E-state index >= 15 is 0 Å². The van der Waals surface area contributed by atoms with Crippen molar-refractivity contribution in [2.75, 3.05) is 25.1 Å². The SMILES string of the molecule is CCCCCCCCc1nnc(NC(=O)c2cc(OCC)c(OCC)c(OCC)c2)s1. The second kappa shape index (κ2) is 13.9. The number of hydrogen-bond acceptors (Lipinski definition) is 7. The summed E-state index contributed by atoms with van der Waals surface area (Å²) < 4.78 is 17.1. The number of nitrogens with one attached hydrogen (secondary N) is 1. The van der Waals surface area contributed by atoms with Gasteiger partial charge in [-0.1, -0.05) is 50.4 Å². The standard InChI is InChI=1S/C23H35N3O4S/c1-5-9-10-11-12-13-14-20-25-26-23(31-20)24-22(27)17-15-18(28-6-2)21(30-8-4)19(16-17)29-7-3/h15-16H,5-14H2,1-4H3,(H,24,26,27). The van der Waals surface area contributed by atoms with Gasteiger partial charge in [0, 0.05) is 12.0 Å². The fraction of sp³-hybridized carbons (Fsp3) is 0.609. The molecule has 0 aliphatic heterocycles. The van der Waals surface area contributed by atoms with Crippen molar-refractivity contribution in [3.05, 3.63) is 22.7 Å². The minimum absolute atomic E-state index is 0.285. The fourth-order valence-electron chi connectivity index (χ4n) is 3.15. The zero-order valence-electron chi connectivity index (χ0n) is 19.2. The summed E-state index contributed by atoms with van der Waals surface area (Å²) in [6.07, 6.45) is 8.31. The summed E-state index contributed by atoms with van der Waals surface area (Å²) in [4.78, 5) is 12.8. The quantitative estimate of drug-likeness (QED) is 0.341. The van der Waals surface area contributed by atoms with Crippen LogP contribution in [0.4, 0.5) is 5.13 Å². The second-order valence-corrected chi connectivity index (χ2v) is 8.14. The highest BCUT2D eigenvalue weighted by Crippen LogP contribution is 2.39. The van der Waals surface area contributed by atoms with E-state index in [1.54, 1.807) is 12.1 Å². The monoisotopic (exact) mass is 449 g/mol. The Balaban J connectivity index is 2.03. The molecule has 0 unspecified atom stereocenters. The van der Waals surface area contributed by atoms with E-state index in [2.05, 4.69) is 22.4 Å². The molecule has 8 heteroatoms. The molecular weight excluding hydrogens is 414 g/mol. The van der Waals surface area contributed by atoms with Gasteiger partial charge in [0.1, 0.15) is 5.01 Å². The molecule has 1 aromatic heterocycles. The Morgan fingerprint density at radius 1 is 0.871 bits per heavy atom. The van der Waals surface area contributed by atoms with Crippen molar-refractivity contribution in [1.82, 2.24) is 10.2 Å². The number of nitrogens with zero attached hydrogens (tertiary/aromatic N) is 2. The lowest BCUT2D eigenvalue weighted by Gasteiger charge is -2.16. The Morgan fingerprint density at radius 2 is 1.48 bits per heavy atom. The van der Waals surface area contributed by atoms with Crippen molar-refractivity contribution in [2.24, 2.45) is 0 Å². The predicted octanol–water partition coefficient (Wildman–Crippen LogP) is 5.89. The van der Waals surface area contributed by atoms with E-state index in [0.717, 1.165) is 17.8 Å². The maximum absolute atomic E-state index is 12.8. The molecule has 1 heterocycles. The van der Waals surface area contributed by atoms with Crippen molar-refractivity contribution in [1.29, 1.82) is 0 Å². The molecule has 7 nitrogen and oxygen atoms in total. The summed E-state index contributed by atoms with van der Waals surface area (Å²) in [5.74, 6) is 1.20. The predicted molar refractivity (Wildman–Crippen MR) is 125 cm³/mol. The van der Waals surface area contributed by atoms with Crippen molar-refractivity contribution in [3.8, 4) is 17.2 Å². The van der Waals surface area contributed by atoms with Gasteiger partial charge in [-0.25, -0.2) is 0 Å². The summed E-state index contributed by atoms with van der Waals surface area (Å²) in [5.41, 5.74) is 0.419. The molecule has 1 amide bonds. The van der Waals surface area contributed by atoms with E-state index in [4.69, 9.17) is 14.2 Å². The lowest BCUT2D eigenvalue weighted by molar-refractivity contribution is 0.102. The maximum atomic E-state index is 12.8. The smallest absolute Gasteiger partial charge is 0.257 e. The van der Waals surface area contributed by atoms with Crippen LogP contribution in [0, 0.1) is 0 Å². The summed E-state index contributed by atoms with van der Waals surface area (Å²) in [7, 11) is 0. The van der Waals surface area contributed by atoms with Crippen LogP contribution >= 0.6 is 11.3 Å². The third-order valence-electron chi connectivity index (χ3n) is 4.60. The first kappa shape index (κ1) is 24.9. The van der Waals surface area contributed by atoms with Crippen LogP contribution in [0.2, 0.25) is 0 Å². The van der Waals surface area contributed by atoms with E-state index in [1.165, 1.54) is 43.4 Å². The molecule has 2 rings (SSSR count). The first-order valence-corrected chi connectivity index (χ1v) is 12.1. The van der Waals surface area contributed by atoms with Gasteiger partial charge in [0.15, 0.2) is 11.5 Å². The molecule has 1 aromatic carbocycles. The molecule has 0 saturated carbocycles. The number of amides is 1. The summed E-state index contributed by atoms with van der Waals surface area (Å²) >= 11 is 1.42. The molecule has 172 valence electrons. The van der Waals surface area contributed by atoms with Crippen LogP contribution in [0.15, 0.2) is 12.1 Å². The van der Waals surface area contributed by atoms with Gasteiger partial charge < -0.3 is 14.2 Å². The molecule has 31 heavy (non-hydrogen) atoms. The fourth-order valence-corrected chi connectivity index (χ4v) is 3.93. The van der Waals surface area contributed by atoms with Crippen molar-refractivity contribution in [3.63, 3.8) is 0 Å². The zero-order chi connectivity index (χ0) is 22.5. The van der Waals surface area contributed by atoms with Gasteiger partial charge in [-0.3, -0.25) is 10.1 Å². The molecule has 0 aliphatic carbocycles. The number of anilines is 1. The van der Waals surface area contributed by atoms with E-state index < -0.39 is 0 Å². The van der Waals surface area contributed by atoms with Crippen molar-refractivity contribution in [2.45, 2.75) is 72.6 Å². The van der Waals surface area contributed by atoms with Crippen LogP contribution in [-0.4, -0.2) is 35.9 Å². The number of aromatic nitrogens is 2. The molecule has 0 radical (unpaired) electrons. The Kier molecular flexibility index (Phi) is 11.1. The third kappa shape index (κ3) is 8.01. The van der Waals surface area contributed by atoms with E-state index in [-0.39, 0.29) is 5.91 Å². The average Bonchev–Trinajstić information content (AvgIpc) is 3.20. The maximum Gasteiger partial charge on any atom is 0.257 e. The van der Waals surface area contributed by atoms with Gasteiger partial charge in [-0.2, -0.15) is 0 Å². The van der Waals surface area contributed by atoms with E-state index in [1.807, 2.05) is 20.8 Å². The van der Waals surface area contributed by atoms with E-state index in [0.29, 0.717) is 47.8 Å². The van der Waals surface area contributed by atoms with Crippen LogP contribution in [0.1, 0.15) is 81.6 Å². The van der Waals surface area contributed by atoms with E-state index in [9.17, 15) is 4.79 Å². The Labute approximate surface area is 189 Å². The molecule has 1 N–H and O–H groups in total. The molecule has 0 atom stereocenters. The van der Waals surface area contributed by atoms with Crippen LogP contribution in [0.5, 0.6) is 17.2 Å². The Hall–Kier alpha value is -2.35. The molecule has 2 aromatic rings. The molecular formula is C23H35N3O4S. The number of hydrogen-bond donors (Lipinski definition) is 1. The van der Waals surface area contributed by atoms with Gasteiger partial charge in [0.2, 0.25) is 10.9 Å². The molecule has 0 spiro atoms. The van der Waals surface area contributed by atoms with Crippen LogP contribution in [0.3, 0.4) is 0 Å². The second-order valence-electron chi connectivity index (χ2n) is 7.07. The summed E-state index contributed by atoms with van der Waals surface area (Å²) in [6.45, 7) is 9.26. The molecule has 0 aliphatic rings. The molecule has 0 fully saturated rings. The highest BCUT2D eigenvalue weighted by atomic mass is 32.1. The zero-order valence-corrected chi connectivity index (χ0v) is 20.0. The lowest BCUT2D eigenvalue weighted by atomic mass is 10.1.